The van der Waals surface area contributed by atoms with Crippen molar-refractivity contribution in [2.75, 3.05) is 19.0 Å². The van der Waals surface area contributed by atoms with E-state index in [0.717, 1.165) is 16.2 Å². The molecule has 1 atom stereocenters. The first-order valence-corrected chi connectivity index (χ1v) is 8.52. The van der Waals surface area contributed by atoms with E-state index in [4.69, 9.17) is 4.74 Å². The second-order valence-corrected chi connectivity index (χ2v) is 6.06. The number of rotatable bonds is 7. The van der Waals surface area contributed by atoms with Gasteiger partial charge in [0.1, 0.15) is 17.6 Å². The number of imide groups is 1. The van der Waals surface area contributed by atoms with E-state index in [2.05, 4.69) is 15.6 Å². The van der Waals surface area contributed by atoms with Gasteiger partial charge in [0.15, 0.2) is 0 Å². The standard InChI is InChI=1S/C19H20N4O4/c1-27-14-7-5-13(6-8-14)9-11-23-18(25)15(21-19(23)26)12-17(24)22-16-4-2-3-10-20-16/h2-8,10,15H,9,11-12H2,1H3,(H,21,26)(H,20,22,24). The van der Waals surface area contributed by atoms with Gasteiger partial charge in [-0.3, -0.25) is 14.5 Å². The monoisotopic (exact) mass is 368 g/mol. The zero-order chi connectivity index (χ0) is 19.2. The molecule has 1 aromatic heterocycles. The maximum atomic E-state index is 12.5. The van der Waals surface area contributed by atoms with Crippen molar-refractivity contribution in [3.63, 3.8) is 0 Å². The topological polar surface area (TPSA) is 101 Å². The van der Waals surface area contributed by atoms with Crippen LogP contribution in [0.5, 0.6) is 5.75 Å². The number of hydrogen-bond acceptors (Lipinski definition) is 5. The van der Waals surface area contributed by atoms with Crippen LogP contribution in [0.4, 0.5) is 10.6 Å². The van der Waals surface area contributed by atoms with Crippen molar-refractivity contribution in [2.45, 2.75) is 18.9 Å². The van der Waals surface area contributed by atoms with E-state index in [1.165, 1.54) is 0 Å². The number of anilines is 1. The number of nitrogens with one attached hydrogen (secondary N) is 2. The van der Waals surface area contributed by atoms with Crippen molar-refractivity contribution in [3.8, 4) is 5.75 Å². The summed E-state index contributed by atoms with van der Waals surface area (Å²) in [6.07, 6.45) is 1.94. The minimum atomic E-state index is -0.864. The van der Waals surface area contributed by atoms with Crippen LogP contribution in [-0.4, -0.2) is 47.4 Å². The Morgan fingerprint density at radius 1 is 1.22 bits per heavy atom. The fraction of sp³-hybridized carbons (Fsp3) is 0.263. The molecule has 8 nitrogen and oxygen atoms in total. The summed E-state index contributed by atoms with van der Waals surface area (Å²) < 4.78 is 5.10. The van der Waals surface area contributed by atoms with Gasteiger partial charge in [-0.1, -0.05) is 18.2 Å². The molecule has 3 rings (SSSR count). The fourth-order valence-electron chi connectivity index (χ4n) is 2.78. The lowest BCUT2D eigenvalue weighted by Gasteiger charge is -2.13. The molecular formula is C19H20N4O4. The number of aromatic nitrogens is 1. The summed E-state index contributed by atoms with van der Waals surface area (Å²) in [7, 11) is 1.59. The molecule has 0 aliphatic carbocycles. The molecule has 4 amide bonds. The number of pyridine rings is 1. The van der Waals surface area contributed by atoms with E-state index >= 15 is 0 Å². The third-order valence-corrected chi connectivity index (χ3v) is 4.21. The molecule has 1 aliphatic rings. The van der Waals surface area contributed by atoms with E-state index in [-0.39, 0.29) is 18.9 Å². The lowest BCUT2D eigenvalue weighted by atomic mass is 10.1. The third kappa shape index (κ3) is 4.60. The van der Waals surface area contributed by atoms with Crippen molar-refractivity contribution >= 4 is 23.7 Å². The average molecular weight is 368 g/mol. The maximum Gasteiger partial charge on any atom is 0.324 e. The Balaban J connectivity index is 1.53. The summed E-state index contributed by atoms with van der Waals surface area (Å²) in [5.74, 6) is 0.359. The van der Waals surface area contributed by atoms with Crippen LogP contribution in [0.3, 0.4) is 0 Å². The number of carbonyl (C=O) groups is 3. The number of hydrogen-bond donors (Lipinski definition) is 2. The van der Waals surface area contributed by atoms with Crippen molar-refractivity contribution in [1.82, 2.24) is 15.2 Å². The Hall–Kier alpha value is -3.42. The summed E-state index contributed by atoms with van der Waals surface area (Å²) in [5, 5.41) is 5.16. The highest BCUT2D eigenvalue weighted by Gasteiger charge is 2.38. The summed E-state index contributed by atoms with van der Waals surface area (Å²) in [5.41, 5.74) is 0.979. The van der Waals surface area contributed by atoms with Gasteiger partial charge in [0.05, 0.1) is 13.5 Å². The first-order chi connectivity index (χ1) is 13.1. The van der Waals surface area contributed by atoms with E-state index in [0.29, 0.717) is 12.2 Å². The molecule has 0 spiro atoms. The SMILES string of the molecule is COc1ccc(CCN2C(=O)NC(CC(=O)Nc3ccccn3)C2=O)cc1. The number of benzene rings is 1. The van der Waals surface area contributed by atoms with E-state index in [9.17, 15) is 14.4 Å². The van der Waals surface area contributed by atoms with Gasteiger partial charge in [-0.2, -0.15) is 0 Å². The molecule has 1 saturated heterocycles. The second kappa shape index (κ2) is 8.31. The van der Waals surface area contributed by atoms with Gasteiger partial charge < -0.3 is 15.4 Å². The normalized spacial score (nSPS) is 16.2. The molecule has 1 unspecified atom stereocenters. The molecular weight excluding hydrogens is 348 g/mol. The molecule has 2 aromatic rings. The summed E-state index contributed by atoms with van der Waals surface area (Å²) in [6.45, 7) is 0.245. The van der Waals surface area contributed by atoms with Gasteiger partial charge in [0.25, 0.3) is 5.91 Å². The zero-order valence-corrected chi connectivity index (χ0v) is 14.8. The van der Waals surface area contributed by atoms with Crippen molar-refractivity contribution in [1.29, 1.82) is 0 Å². The lowest BCUT2D eigenvalue weighted by molar-refractivity contribution is -0.129. The molecule has 0 radical (unpaired) electrons. The van der Waals surface area contributed by atoms with Crippen LogP contribution in [0.15, 0.2) is 48.7 Å². The minimum absolute atomic E-state index is 0.139. The first kappa shape index (κ1) is 18.4. The molecule has 2 heterocycles. The van der Waals surface area contributed by atoms with E-state index in [1.54, 1.807) is 31.5 Å². The molecule has 2 N–H and O–H groups in total. The molecule has 1 aliphatic heterocycles. The highest BCUT2D eigenvalue weighted by Crippen LogP contribution is 2.15. The molecule has 140 valence electrons. The van der Waals surface area contributed by atoms with Crippen molar-refractivity contribution in [3.05, 3.63) is 54.2 Å². The number of amides is 4. The Morgan fingerprint density at radius 2 is 2.00 bits per heavy atom. The van der Waals surface area contributed by atoms with Crippen LogP contribution >= 0.6 is 0 Å². The largest absolute Gasteiger partial charge is 0.497 e. The lowest BCUT2D eigenvalue weighted by Crippen LogP contribution is -2.35. The second-order valence-electron chi connectivity index (χ2n) is 6.06. The van der Waals surface area contributed by atoms with Crippen molar-refractivity contribution < 1.29 is 19.1 Å². The quantitative estimate of drug-likeness (QED) is 0.723. The Bertz CT molecular complexity index is 823. The van der Waals surface area contributed by atoms with Crippen LogP contribution in [0.2, 0.25) is 0 Å². The molecule has 1 fully saturated rings. The zero-order valence-electron chi connectivity index (χ0n) is 14.8. The van der Waals surface area contributed by atoms with Crippen LogP contribution < -0.4 is 15.4 Å². The molecule has 0 bridgehead atoms. The smallest absolute Gasteiger partial charge is 0.324 e. The van der Waals surface area contributed by atoms with Crippen LogP contribution in [0, 0.1) is 0 Å². The number of urea groups is 1. The number of ether oxygens (including phenoxy) is 1. The fourth-order valence-corrected chi connectivity index (χ4v) is 2.78. The van der Waals surface area contributed by atoms with E-state index in [1.807, 2.05) is 24.3 Å². The van der Waals surface area contributed by atoms with Gasteiger partial charge in [-0.05, 0) is 36.2 Å². The average Bonchev–Trinajstić information content (AvgIpc) is 2.94. The number of carbonyl (C=O) groups excluding carboxylic acids is 3. The van der Waals surface area contributed by atoms with Crippen LogP contribution in [0.25, 0.3) is 0 Å². The Morgan fingerprint density at radius 3 is 2.67 bits per heavy atom. The third-order valence-electron chi connectivity index (χ3n) is 4.21. The van der Waals surface area contributed by atoms with Gasteiger partial charge in [-0.15, -0.1) is 0 Å². The molecule has 27 heavy (non-hydrogen) atoms. The van der Waals surface area contributed by atoms with Gasteiger partial charge in [-0.25, -0.2) is 9.78 Å². The number of methoxy groups -OCH3 is 1. The maximum absolute atomic E-state index is 12.5. The summed E-state index contributed by atoms with van der Waals surface area (Å²) in [6, 6.07) is 11.2. The van der Waals surface area contributed by atoms with Crippen LogP contribution in [-0.2, 0) is 16.0 Å². The predicted octanol–water partition coefficient (Wildman–Crippen LogP) is 1.58. The first-order valence-electron chi connectivity index (χ1n) is 8.52. The minimum Gasteiger partial charge on any atom is -0.497 e. The van der Waals surface area contributed by atoms with Crippen LogP contribution in [0.1, 0.15) is 12.0 Å². The molecule has 0 saturated carbocycles. The van der Waals surface area contributed by atoms with Gasteiger partial charge in [0, 0.05) is 12.7 Å². The summed E-state index contributed by atoms with van der Waals surface area (Å²) in [4.78, 5) is 41.8. The van der Waals surface area contributed by atoms with Crippen molar-refractivity contribution in [2.24, 2.45) is 0 Å². The van der Waals surface area contributed by atoms with Gasteiger partial charge in [0.2, 0.25) is 5.91 Å². The highest BCUT2D eigenvalue weighted by molar-refractivity contribution is 6.06. The Labute approximate surface area is 156 Å². The Kier molecular flexibility index (Phi) is 5.65. The van der Waals surface area contributed by atoms with E-state index < -0.39 is 18.0 Å². The molecule has 8 heteroatoms. The predicted molar refractivity (Wildman–Crippen MR) is 98.2 cm³/mol. The number of nitrogens with zero attached hydrogens (tertiary/aromatic N) is 2. The summed E-state index contributed by atoms with van der Waals surface area (Å²) >= 11 is 0. The highest BCUT2D eigenvalue weighted by atomic mass is 16.5. The molecule has 1 aromatic carbocycles. The van der Waals surface area contributed by atoms with Gasteiger partial charge >= 0.3 is 6.03 Å².